The summed E-state index contributed by atoms with van der Waals surface area (Å²) in [5.74, 6) is -1.02. The lowest BCUT2D eigenvalue weighted by Gasteiger charge is -2.22. The van der Waals surface area contributed by atoms with Crippen LogP contribution in [0.4, 0.5) is 10.1 Å². The first-order chi connectivity index (χ1) is 12.6. The van der Waals surface area contributed by atoms with E-state index in [1.165, 1.54) is 43.5 Å². The van der Waals surface area contributed by atoms with Crippen molar-refractivity contribution >= 4 is 33.2 Å². The van der Waals surface area contributed by atoms with Crippen LogP contribution in [0.3, 0.4) is 0 Å². The van der Waals surface area contributed by atoms with E-state index in [0.29, 0.717) is 5.75 Å². The molecule has 0 aliphatic carbocycles. The first-order valence-electron chi connectivity index (χ1n) is 8.06. The van der Waals surface area contributed by atoms with Gasteiger partial charge in [-0.15, -0.1) is 0 Å². The fraction of sp³-hybridized carbons (Fsp3) is 0.278. The number of benzene rings is 2. The number of rotatable bonds is 7. The van der Waals surface area contributed by atoms with Crippen molar-refractivity contribution in [3.8, 4) is 5.75 Å². The highest BCUT2D eigenvalue weighted by Crippen LogP contribution is 2.21. The molecule has 2 aromatic rings. The third-order valence-corrected chi connectivity index (χ3v) is 5.53. The maximum absolute atomic E-state index is 13.2. The van der Waals surface area contributed by atoms with Crippen LogP contribution in [0.25, 0.3) is 0 Å². The number of methoxy groups -OCH3 is 1. The van der Waals surface area contributed by atoms with E-state index in [9.17, 15) is 17.6 Å². The summed E-state index contributed by atoms with van der Waals surface area (Å²) in [4.78, 5) is 12.6. The molecule has 0 aliphatic rings. The van der Waals surface area contributed by atoms with E-state index in [1.807, 2.05) is 0 Å². The zero-order chi connectivity index (χ0) is 20.2. The normalized spacial score (nSPS) is 12.7. The van der Waals surface area contributed by atoms with Crippen molar-refractivity contribution in [2.24, 2.45) is 5.92 Å². The summed E-state index contributed by atoms with van der Waals surface area (Å²) in [7, 11) is -2.46. The van der Waals surface area contributed by atoms with Gasteiger partial charge in [-0.3, -0.25) is 4.79 Å². The fourth-order valence-corrected chi connectivity index (χ4v) is 3.80. The van der Waals surface area contributed by atoms with Crippen LogP contribution in [0.1, 0.15) is 13.8 Å². The van der Waals surface area contributed by atoms with Crippen molar-refractivity contribution in [1.82, 2.24) is 4.72 Å². The second kappa shape index (κ2) is 8.69. The molecule has 0 spiro atoms. The molecule has 2 aromatic carbocycles. The SMILES string of the molecule is COc1ccc(S(=O)(=O)NC(C(=O)Nc2ccc(F)c(Cl)c2)C(C)C)cc1. The number of ether oxygens (including phenoxy) is 1. The van der Waals surface area contributed by atoms with E-state index in [1.54, 1.807) is 13.8 Å². The molecule has 2 N–H and O–H groups in total. The Morgan fingerprint density at radius 3 is 2.30 bits per heavy atom. The number of carbonyl (C=O) groups excluding carboxylic acids is 1. The first-order valence-corrected chi connectivity index (χ1v) is 9.92. The van der Waals surface area contributed by atoms with Gasteiger partial charge in [0.25, 0.3) is 0 Å². The molecule has 1 atom stereocenters. The second-order valence-corrected chi connectivity index (χ2v) is 8.26. The van der Waals surface area contributed by atoms with Gasteiger partial charge in [0.2, 0.25) is 15.9 Å². The van der Waals surface area contributed by atoms with Gasteiger partial charge >= 0.3 is 0 Å². The van der Waals surface area contributed by atoms with E-state index < -0.39 is 27.8 Å². The quantitative estimate of drug-likeness (QED) is 0.727. The molecule has 0 saturated heterocycles. The lowest BCUT2D eigenvalue weighted by Crippen LogP contribution is -2.47. The highest BCUT2D eigenvalue weighted by atomic mass is 35.5. The number of nitrogens with one attached hydrogen (secondary N) is 2. The number of hydrogen-bond donors (Lipinski definition) is 2. The highest BCUT2D eigenvalue weighted by Gasteiger charge is 2.28. The van der Waals surface area contributed by atoms with Crippen LogP contribution in [0, 0.1) is 11.7 Å². The Kier molecular flexibility index (Phi) is 6.80. The largest absolute Gasteiger partial charge is 0.497 e. The summed E-state index contributed by atoms with van der Waals surface area (Å²) in [6, 6.07) is 8.47. The molecule has 0 saturated carbocycles. The Balaban J connectivity index is 2.20. The number of anilines is 1. The first kappa shape index (κ1) is 21.1. The van der Waals surface area contributed by atoms with E-state index in [4.69, 9.17) is 16.3 Å². The molecular formula is C18H20ClFN2O4S. The standard InChI is InChI=1S/C18H20ClFN2O4S/c1-11(2)17(18(23)21-12-4-9-16(20)15(19)10-12)22-27(24,25)14-7-5-13(26-3)6-8-14/h4-11,17,22H,1-3H3,(H,21,23). The number of halogens is 2. The molecule has 9 heteroatoms. The van der Waals surface area contributed by atoms with Crippen LogP contribution < -0.4 is 14.8 Å². The number of carbonyl (C=O) groups is 1. The molecule has 0 aliphatic heterocycles. The second-order valence-electron chi connectivity index (χ2n) is 6.14. The highest BCUT2D eigenvalue weighted by molar-refractivity contribution is 7.89. The van der Waals surface area contributed by atoms with Crippen LogP contribution in [0.2, 0.25) is 5.02 Å². The number of hydrogen-bond acceptors (Lipinski definition) is 4. The minimum Gasteiger partial charge on any atom is -0.497 e. The molecule has 6 nitrogen and oxygen atoms in total. The molecule has 27 heavy (non-hydrogen) atoms. The smallest absolute Gasteiger partial charge is 0.242 e. The maximum Gasteiger partial charge on any atom is 0.242 e. The summed E-state index contributed by atoms with van der Waals surface area (Å²) >= 11 is 5.70. The van der Waals surface area contributed by atoms with Gasteiger partial charge in [-0.05, 0) is 48.4 Å². The van der Waals surface area contributed by atoms with Gasteiger partial charge in [0.05, 0.1) is 17.0 Å². The van der Waals surface area contributed by atoms with Gasteiger partial charge < -0.3 is 10.1 Å². The van der Waals surface area contributed by atoms with E-state index >= 15 is 0 Å². The molecule has 146 valence electrons. The van der Waals surface area contributed by atoms with Crippen LogP contribution in [0.5, 0.6) is 5.75 Å². The summed E-state index contributed by atoms with van der Waals surface area (Å²) in [6.07, 6.45) is 0. The number of sulfonamides is 1. The Morgan fingerprint density at radius 2 is 1.78 bits per heavy atom. The van der Waals surface area contributed by atoms with E-state index in [-0.39, 0.29) is 21.5 Å². The van der Waals surface area contributed by atoms with Crippen molar-refractivity contribution in [3.63, 3.8) is 0 Å². The van der Waals surface area contributed by atoms with Gasteiger partial charge in [-0.2, -0.15) is 4.72 Å². The zero-order valence-electron chi connectivity index (χ0n) is 15.0. The van der Waals surface area contributed by atoms with E-state index in [2.05, 4.69) is 10.0 Å². The minimum absolute atomic E-state index is 0.00609. The summed E-state index contributed by atoms with van der Waals surface area (Å²) in [6.45, 7) is 3.41. The molecule has 0 heterocycles. The topological polar surface area (TPSA) is 84.5 Å². The van der Waals surface area contributed by atoms with Crippen molar-refractivity contribution in [2.75, 3.05) is 12.4 Å². The van der Waals surface area contributed by atoms with E-state index in [0.717, 1.165) is 6.07 Å². The molecule has 0 bridgehead atoms. The van der Waals surface area contributed by atoms with Crippen LogP contribution in [-0.4, -0.2) is 27.5 Å². The molecule has 1 amide bonds. The predicted molar refractivity (Wildman–Crippen MR) is 102 cm³/mol. The van der Waals surface area contributed by atoms with Crippen molar-refractivity contribution in [3.05, 3.63) is 53.3 Å². The molecule has 0 aromatic heterocycles. The molecule has 0 radical (unpaired) electrons. The monoisotopic (exact) mass is 414 g/mol. The average Bonchev–Trinajstić information content (AvgIpc) is 2.62. The zero-order valence-corrected chi connectivity index (χ0v) is 16.6. The lowest BCUT2D eigenvalue weighted by molar-refractivity contribution is -0.118. The summed E-state index contributed by atoms with van der Waals surface area (Å²) in [5.41, 5.74) is 0.265. The number of amides is 1. The van der Waals surface area contributed by atoms with Crippen molar-refractivity contribution in [1.29, 1.82) is 0 Å². The van der Waals surface area contributed by atoms with Gasteiger partial charge in [0.15, 0.2) is 0 Å². The summed E-state index contributed by atoms with van der Waals surface area (Å²) in [5, 5.41) is 2.40. The molecular weight excluding hydrogens is 395 g/mol. The fourth-order valence-electron chi connectivity index (χ4n) is 2.28. The Bertz CT molecular complexity index is 917. The Hall–Kier alpha value is -2.16. The third kappa shape index (κ3) is 5.41. The van der Waals surface area contributed by atoms with Gasteiger partial charge in [0.1, 0.15) is 17.6 Å². The lowest BCUT2D eigenvalue weighted by atomic mass is 10.0. The third-order valence-electron chi connectivity index (χ3n) is 3.79. The van der Waals surface area contributed by atoms with Crippen LogP contribution in [0.15, 0.2) is 47.4 Å². The van der Waals surface area contributed by atoms with Gasteiger partial charge in [0, 0.05) is 5.69 Å². The molecule has 2 rings (SSSR count). The van der Waals surface area contributed by atoms with Crippen LogP contribution >= 0.6 is 11.6 Å². The Labute approximate surface area is 162 Å². The Morgan fingerprint density at radius 1 is 1.15 bits per heavy atom. The maximum atomic E-state index is 13.2. The summed E-state index contributed by atoms with van der Waals surface area (Å²) < 4.78 is 45.9. The van der Waals surface area contributed by atoms with Gasteiger partial charge in [-0.25, -0.2) is 12.8 Å². The van der Waals surface area contributed by atoms with Gasteiger partial charge in [-0.1, -0.05) is 25.4 Å². The molecule has 0 fully saturated rings. The molecule has 1 unspecified atom stereocenters. The average molecular weight is 415 g/mol. The van der Waals surface area contributed by atoms with Crippen LogP contribution in [-0.2, 0) is 14.8 Å². The predicted octanol–water partition coefficient (Wildman–Crippen LogP) is 3.43. The van der Waals surface area contributed by atoms with Crippen molar-refractivity contribution < 1.29 is 22.3 Å². The van der Waals surface area contributed by atoms with Crippen molar-refractivity contribution in [2.45, 2.75) is 24.8 Å². The minimum atomic E-state index is -3.93.